The Morgan fingerprint density at radius 3 is 1.53 bits per heavy atom. The molecule has 1 spiro atoms. The smallest absolute Gasteiger partial charge is 0.0845 e. The molecule has 2 rings (SSSR count). The van der Waals surface area contributed by atoms with Gasteiger partial charge in [0.05, 0.1) is 24.4 Å². The summed E-state index contributed by atoms with van der Waals surface area (Å²) in [6.07, 6.45) is 6.56. The van der Waals surface area contributed by atoms with Crippen molar-refractivity contribution in [1.82, 2.24) is 0 Å². The van der Waals surface area contributed by atoms with Crippen LogP contribution in [0.3, 0.4) is 0 Å². The lowest BCUT2D eigenvalue weighted by Gasteiger charge is -2.24. The maximum Gasteiger partial charge on any atom is 0.0845 e. The summed E-state index contributed by atoms with van der Waals surface area (Å²) >= 11 is 0. The van der Waals surface area contributed by atoms with Crippen molar-refractivity contribution in [2.75, 3.05) is 0 Å². The summed E-state index contributed by atoms with van der Waals surface area (Å²) in [5, 5.41) is 0. The minimum absolute atomic E-state index is 0.321. The standard InChI is InChI=1S/C13H24O2/c1-9(2)14-11-7-13(5-6-13)8-12(11)15-10(3)4/h9-12H,5-8H2,1-4H3/t11-,12-/m1/s1. The monoisotopic (exact) mass is 212 g/mol. The fourth-order valence-electron chi connectivity index (χ4n) is 2.76. The summed E-state index contributed by atoms with van der Waals surface area (Å²) in [5.41, 5.74) is 0.610. The van der Waals surface area contributed by atoms with Crippen LogP contribution in [-0.2, 0) is 9.47 Å². The minimum atomic E-state index is 0.321. The second kappa shape index (κ2) is 4.06. The molecular weight excluding hydrogens is 188 g/mol. The van der Waals surface area contributed by atoms with E-state index in [2.05, 4.69) is 27.7 Å². The van der Waals surface area contributed by atoms with Gasteiger partial charge in [0, 0.05) is 0 Å². The summed E-state index contributed by atoms with van der Waals surface area (Å²) in [6.45, 7) is 8.46. The fourth-order valence-corrected chi connectivity index (χ4v) is 2.76. The Labute approximate surface area is 93.3 Å². The first-order valence-corrected chi connectivity index (χ1v) is 6.32. The maximum absolute atomic E-state index is 5.98. The van der Waals surface area contributed by atoms with Gasteiger partial charge in [-0.25, -0.2) is 0 Å². The molecule has 0 aromatic rings. The molecule has 0 bridgehead atoms. The first-order valence-electron chi connectivity index (χ1n) is 6.32. The van der Waals surface area contributed by atoms with Gasteiger partial charge in [-0.05, 0) is 58.8 Å². The van der Waals surface area contributed by atoms with Crippen molar-refractivity contribution in [1.29, 1.82) is 0 Å². The Morgan fingerprint density at radius 1 is 0.867 bits per heavy atom. The molecule has 0 saturated heterocycles. The topological polar surface area (TPSA) is 18.5 Å². The molecule has 0 aromatic heterocycles. The zero-order chi connectivity index (χ0) is 11.1. The first-order chi connectivity index (χ1) is 7.01. The zero-order valence-corrected chi connectivity index (χ0v) is 10.5. The lowest BCUT2D eigenvalue weighted by atomic mass is 10.1. The van der Waals surface area contributed by atoms with E-state index in [4.69, 9.17) is 9.47 Å². The van der Waals surface area contributed by atoms with E-state index >= 15 is 0 Å². The van der Waals surface area contributed by atoms with Crippen molar-refractivity contribution < 1.29 is 9.47 Å². The van der Waals surface area contributed by atoms with Crippen molar-refractivity contribution in [3.05, 3.63) is 0 Å². The largest absolute Gasteiger partial charge is 0.373 e. The predicted molar refractivity (Wildman–Crippen MR) is 60.9 cm³/mol. The molecule has 0 amide bonds. The molecule has 2 saturated carbocycles. The van der Waals surface area contributed by atoms with Gasteiger partial charge in [-0.1, -0.05) is 0 Å². The van der Waals surface area contributed by atoms with Crippen molar-refractivity contribution >= 4 is 0 Å². The van der Waals surface area contributed by atoms with Gasteiger partial charge in [0.15, 0.2) is 0 Å². The Bertz CT molecular complexity index is 199. The van der Waals surface area contributed by atoms with Crippen LogP contribution in [0.15, 0.2) is 0 Å². The molecular formula is C13H24O2. The molecule has 0 aliphatic heterocycles. The highest BCUT2D eigenvalue weighted by Gasteiger charge is 2.53. The maximum atomic E-state index is 5.98. The highest BCUT2D eigenvalue weighted by Crippen LogP contribution is 2.59. The van der Waals surface area contributed by atoms with Crippen LogP contribution in [-0.4, -0.2) is 24.4 Å². The first kappa shape index (κ1) is 11.4. The molecule has 0 radical (unpaired) electrons. The van der Waals surface area contributed by atoms with Gasteiger partial charge < -0.3 is 9.47 Å². The van der Waals surface area contributed by atoms with Crippen molar-refractivity contribution in [3.63, 3.8) is 0 Å². The minimum Gasteiger partial charge on any atom is -0.373 e. The SMILES string of the molecule is CC(C)O[C@@H]1CC2(CC2)C[C@H]1OC(C)C. The van der Waals surface area contributed by atoms with Gasteiger partial charge >= 0.3 is 0 Å². The summed E-state index contributed by atoms with van der Waals surface area (Å²) in [6, 6.07) is 0. The van der Waals surface area contributed by atoms with E-state index in [9.17, 15) is 0 Å². The van der Waals surface area contributed by atoms with Crippen molar-refractivity contribution in [2.45, 2.75) is 77.8 Å². The molecule has 88 valence electrons. The van der Waals surface area contributed by atoms with E-state index in [0.717, 1.165) is 0 Å². The molecule has 2 fully saturated rings. The van der Waals surface area contributed by atoms with E-state index in [1.807, 2.05) is 0 Å². The third-order valence-electron chi connectivity index (χ3n) is 3.53. The molecule has 2 aliphatic carbocycles. The lowest BCUT2D eigenvalue weighted by molar-refractivity contribution is -0.0942. The van der Waals surface area contributed by atoms with Gasteiger partial charge in [-0.2, -0.15) is 0 Å². The number of rotatable bonds is 4. The van der Waals surface area contributed by atoms with Gasteiger partial charge in [0.2, 0.25) is 0 Å². The zero-order valence-electron chi connectivity index (χ0n) is 10.5. The van der Waals surface area contributed by atoms with E-state index in [1.165, 1.54) is 25.7 Å². The van der Waals surface area contributed by atoms with Crippen LogP contribution in [0.4, 0.5) is 0 Å². The van der Waals surface area contributed by atoms with Crippen LogP contribution < -0.4 is 0 Å². The summed E-state index contributed by atoms with van der Waals surface area (Å²) in [4.78, 5) is 0. The van der Waals surface area contributed by atoms with E-state index in [-0.39, 0.29) is 0 Å². The Kier molecular flexibility index (Phi) is 3.09. The molecule has 2 heteroatoms. The van der Waals surface area contributed by atoms with Gasteiger partial charge in [0.1, 0.15) is 0 Å². The van der Waals surface area contributed by atoms with Crippen molar-refractivity contribution in [3.8, 4) is 0 Å². The van der Waals surface area contributed by atoms with Crippen LogP contribution in [0.5, 0.6) is 0 Å². The summed E-state index contributed by atoms with van der Waals surface area (Å²) in [5.74, 6) is 0. The summed E-state index contributed by atoms with van der Waals surface area (Å²) in [7, 11) is 0. The summed E-state index contributed by atoms with van der Waals surface area (Å²) < 4.78 is 12.0. The Hall–Kier alpha value is -0.0800. The van der Waals surface area contributed by atoms with Gasteiger partial charge in [-0.3, -0.25) is 0 Å². The van der Waals surface area contributed by atoms with Gasteiger partial charge in [0.25, 0.3) is 0 Å². The van der Waals surface area contributed by atoms with E-state index < -0.39 is 0 Å². The highest BCUT2D eigenvalue weighted by atomic mass is 16.6. The Morgan fingerprint density at radius 2 is 1.27 bits per heavy atom. The second-order valence-corrected chi connectivity index (χ2v) is 5.85. The molecule has 0 unspecified atom stereocenters. The average Bonchev–Trinajstić information content (AvgIpc) is 2.73. The average molecular weight is 212 g/mol. The van der Waals surface area contributed by atoms with Crippen LogP contribution in [0.25, 0.3) is 0 Å². The Balaban J connectivity index is 1.93. The lowest BCUT2D eigenvalue weighted by Crippen LogP contribution is -2.30. The van der Waals surface area contributed by atoms with Gasteiger partial charge in [-0.15, -0.1) is 0 Å². The molecule has 0 heterocycles. The van der Waals surface area contributed by atoms with E-state index in [0.29, 0.717) is 29.8 Å². The normalized spacial score (nSPS) is 33.2. The van der Waals surface area contributed by atoms with Crippen molar-refractivity contribution in [2.24, 2.45) is 5.41 Å². The third-order valence-corrected chi connectivity index (χ3v) is 3.53. The van der Waals surface area contributed by atoms with E-state index in [1.54, 1.807) is 0 Å². The van der Waals surface area contributed by atoms with Crippen LogP contribution in [0, 0.1) is 5.41 Å². The highest BCUT2D eigenvalue weighted by molar-refractivity contribution is 5.04. The quantitative estimate of drug-likeness (QED) is 0.712. The molecule has 0 aromatic carbocycles. The molecule has 2 atom stereocenters. The second-order valence-electron chi connectivity index (χ2n) is 5.85. The number of hydrogen-bond acceptors (Lipinski definition) is 2. The van der Waals surface area contributed by atoms with Crippen LogP contribution in [0.1, 0.15) is 53.4 Å². The predicted octanol–water partition coefficient (Wildman–Crippen LogP) is 3.15. The molecule has 0 N–H and O–H groups in total. The number of ether oxygens (including phenoxy) is 2. The van der Waals surface area contributed by atoms with Crippen LogP contribution >= 0.6 is 0 Å². The molecule has 15 heavy (non-hydrogen) atoms. The fraction of sp³-hybridized carbons (Fsp3) is 1.00. The molecule has 2 aliphatic rings. The van der Waals surface area contributed by atoms with Crippen LogP contribution in [0.2, 0.25) is 0 Å². The third kappa shape index (κ3) is 2.73. The number of hydrogen-bond donors (Lipinski definition) is 0. The molecule has 2 nitrogen and oxygen atoms in total.